The first-order chi connectivity index (χ1) is 16.5. The number of fused-ring (bicyclic) bond motifs is 2. The zero-order chi connectivity index (χ0) is 24.5. The highest BCUT2D eigenvalue weighted by Gasteiger charge is 2.24. The first-order valence-electron chi connectivity index (χ1n) is 11.5. The van der Waals surface area contributed by atoms with Gasteiger partial charge < -0.3 is 14.9 Å². The lowest BCUT2D eigenvalue weighted by Crippen LogP contribution is -2.21. The number of benzene rings is 3. The normalized spacial score (nSPS) is 11.1. The highest BCUT2D eigenvalue weighted by Crippen LogP contribution is 2.37. The fourth-order valence-corrected chi connectivity index (χ4v) is 3.98. The van der Waals surface area contributed by atoms with Gasteiger partial charge in [0.15, 0.2) is 0 Å². The number of alkyl halides is 2. The van der Waals surface area contributed by atoms with Crippen molar-refractivity contribution in [2.45, 2.75) is 39.5 Å². The van der Waals surface area contributed by atoms with Crippen LogP contribution < -0.4 is 15.2 Å². The number of aryl methyl sites for hydroxylation is 1. The second kappa shape index (κ2) is 13.9. The number of carbonyl (C=O) groups is 1. The average Bonchev–Trinajstić information content (AvgIpc) is 2.82. The van der Waals surface area contributed by atoms with Crippen molar-refractivity contribution in [3.63, 3.8) is 0 Å². The van der Waals surface area contributed by atoms with Gasteiger partial charge in [-0.3, -0.25) is 0 Å². The van der Waals surface area contributed by atoms with Crippen molar-refractivity contribution in [2.75, 3.05) is 11.9 Å². The van der Waals surface area contributed by atoms with E-state index < -0.39 is 0 Å². The first-order valence-corrected chi connectivity index (χ1v) is 12.6. The lowest BCUT2D eigenvalue weighted by atomic mass is 9.89. The van der Waals surface area contributed by atoms with Gasteiger partial charge in [0.25, 0.3) is 0 Å². The van der Waals surface area contributed by atoms with E-state index in [2.05, 4.69) is 25.6 Å². The van der Waals surface area contributed by atoms with Gasteiger partial charge in [0.2, 0.25) is 0 Å². The number of unbranched alkanes of at least 4 members (excludes halogenated alkanes) is 3. The fourth-order valence-electron chi connectivity index (χ4n) is 3.98. The van der Waals surface area contributed by atoms with Crippen molar-refractivity contribution >= 4 is 41.3 Å². The molecule has 4 nitrogen and oxygen atoms in total. The van der Waals surface area contributed by atoms with Crippen LogP contribution in [0.5, 0.6) is 11.5 Å². The van der Waals surface area contributed by atoms with Crippen LogP contribution in [0.3, 0.4) is 0 Å². The number of hydrogen-bond donors (Lipinski definition) is 0. The minimum atomic E-state index is -0.282. The lowest BCUT2D eigenvalue weighted by Gasteiger charge is -2.22. The molecule has 35 heavy (non-hydrogen) atoms. The molecule has 0 fully saturated rings. The molecule has 1 heterocycles. The standard InChI is InChI=1S/C28H28O3.CH2Cl2.H2O/c1-4-5-6-9-16-30-28(29)22-11-8-7-10-21(22)27-23-14-12-19(2)17-25(23)31-26-18-20(3)13-15-24(26)27;2-1-3;/h7-8,10-15,17-18H,2,4-6,9,16H2,1,3H3;1H2;1H2. The predicted molar refractivity (Wildman–Crippen MR) is 145 cm³/mol. The molecule has 0 radical (unpaired) electrons. The number of hydrogen-bond acceptors (Lipinski definition) is 3. The monoisotopic (exact) mass is 514 g/mol. The second-order valence-electron chi connectivity index (χ2n) is 8.15. The van der Waals surface area contributed by atoms with Crippen LogP contribution in [-0.2, 0) is 4.74 Å². The molecule has 0 saturated carbocycles. The molecule has 0 unspecified atom stereocenters. The molecule has 3 aromatic rings. The minimum absolute atomic E-state index is 0. The summed E-state index contributed by atoms with van der Waals surface area (Å²) in [4.78, 5) is 13.0. The molecule has 1 aliphatic rings. The summed E-state index contributed by atoms with van der Waals surface area (Å²) < 4.78 is 11.8. The van der Waals surface area contributed by atoms with Crippen LogP contribution in [0.1, 0.15) is 59.7 Å². The maximum Gasteiger partial charge on any atom is 0.338 e. The zero-order valence-electron chi connectivity index (χ0n) is 20.2. The molecular weight excluding hydrogens is 483 g/mol. The van der Waals surface area contributed by atoms with E-state index in [-0.39, 0.29) is 16.8 Å². The van der Waals surface area contributed by atoms with Crippen LogP contribution in [0, 0.1) is 6.92 Å². The minimum Gasteiger partial charge on any atom is -0.462 e. The Hall–Kier alpha value is -2.79. The van der Waals surface area contributed by atoms with Crippen molar-refractivity contribution in [3.8, 4) is 11.5 Å². The SMILES string of the molecule is C=c1ccc2c(c1)Oc1cc(C)ccc1C=2c1ccccc1C(=O)OCCCCCC.ClCCl.O. The third-order valence-electron chi connectivity index (χ3n) is 5.59. The van der Waals surface area contributed by atoms with E-state index in [0.717, 1.165) is 69.9 Å². The number of esters is 1. The molecular formula is C29H32Cl2O4. The summed E-state index contributed by atoms with van der Waals surface area (Å²) in [5.41, 5.74) is 4.50. The van der Waals surface area contributed by atoms with E-state index in [0.29, 0.717) is 12.2 Å². The predicted octanol–water partition coefficient (Wildman–Crippen LogP) is 6.09. The summed E-state index contributed by atoms with van der Waals surface area (Å²) in [7, 11) is 0. The second-order valence-corrected chi connectivity index (χ2v) is 8.96. The van der Waals surface area contributed by atoms with Crippen molar-refractivity contribution in [3.05, 3.63) is 93.4 Å². The molecule has 3 aromatic carbocycles. The van der Waals surface area contributed by atoms with Crippen molar-refractivity contribution in [1.82, 2.24) is 0 Å². The summed E-state index contributed by atoms with van der Waals surface area (Å²) >= 11 is 9.53. The summed E-state index contributed by atoms with van der Waals surface area (Å²) in [6.07, 6.45) is 4.29. The number of rotatable bonds is 7. The van der Waals surface area contributed by atoms with E-state index in [9.17, 15) is 4.79 Å². The maximum atomic E-state index is 13.0. The Morgan fingerprint density at radius 3 is 2.43 bits per heavy atom. The highest BCUT2D eigenvalue weighted by molar-refractivity contribution is 6.40. The zero-order valence-corrected chi connectivity index (χ0v) is 21.7. The molecule has 0 bridgehead atoms. The van der Waals surface area contributed by atoms with E-state index in [1.54, 1.807) is 0 Å². The van der Waals surface area contributed by atoms with Crippen LogP contribution in [0.25, 0.3) is 12.2 Å². The fraction of sp³-hybridized carbons (Fsp3) is 0.276. The lowest BCUT2D eigenvalue weighted by molar-refractivity contribution is 0.0497. The number of ether oxygens (including phenoxy) is 2. The van der Waals surface area contributed by atoms with Crippen molar-refractivity contribution in [2.24, 2.45) is 0 Å². The molecule has 1 aliphatic heterocycles. The Morgan fingerprint density at radius 2 is 1.69 bits per heavy atom. The first kappa shape index (κ1) is 28.4. The molecule has 0 amide bonds. The van der Waals surface area contributed by atoms with Gasteiger partial charge in [0.05, 0.1) is 17.5 Å². The molecule has 0 spiro atoms. The molecule has 6 heteroatoms. The summed E-state index contributed by atoms with van der Waals surface area (Å²) in [6.45, 7) is 8.70. The largest absolute Gasteiger partial charge is 0.462 e. The average molecular weight is 515 g/mol. The molecule has 2 N–H and O–H groups in total. The Bertz CT molecular complexity index is 1250. The smallest absolute Gasteiger partial charge is 0.338 e. The summed E-state index contributed by atoms with van der Waals surface area (Å²) in [5.74, 6) is 1.26. The summed E-state index contributed by atoms with van der Waals surface area (Å²) in [6, 6.07) is 19.8. The van der Waals surface area contributed by atoms with Crippen LogP contribution in [-0.4, -0.2) is 23.4 Å². The third-order valence-corrected chi connectivity index (χ3v) is 5.59. The van der Waals surface area contributed by atoms with Crippen LogP contribution >= 0.6 is 23.2 Å². The van der Waals surface area contributed by atoms with E-state index >= 15 is 0 Å². The van der Waals surface area contributed by atoms with Crippen molar-refractivity contribution in [1.29, 1.82) is 0 Å². The molecule has 4 rings (SSSR count). The Kier molecular flexibility index (Phi) is 11.3. The molecule has 0 aliphatic carbocycles. The topological polar surface area (TPSA) is 67.0 Å². The van der Waals surface area contributed by atoms with Crippen molar-refractivity contribution < 1.29 is 19.7 Å². The number of halogens is 2. The molecule has 0 aromatic heterocycles. The van der Waals surface area contributed by atoms with Gasteiger partial charge in [0.1, 0.15) is 11.5 Å². The molecule has 186 valence electrons. The van der Waals surface area contributed by atoms with Gasteiger partial charge in [-0.1, -0.05) is 75.2 Å². The molecule has 0 atom stereocenters. The van der Waals surface area contributed by atoms with Gasteiger partial charge in [-0.15, -0.1) is 23.2 Å². The van der Waals surface area contributed by atoms with Gasteiger partial charge in [-0.2, -0.15) is 0 Å². The maximum absolute atomic E-state index is 13.0. The highest BCUT2D eigenvalue weighted by atomic mass is 35.5. The van der Waals surface area contributed by atoms with Gasteiger partial charge >= 0.3 is 5.97 Å². The Morgan fingerprint density at radius 1 is 0.943 bits per heavy atom. The van der Waals surface area contributed by atoms with Crippen LogP contribution in [0.2, 0.25) is 0 Å². The molecule has 0 saturated heterocycles. The Balaban J connectivity index is 0.00000103. The van der Waals surface area contributed by atoms with Gasteiger partial charge in [0, 0.05) is 16.4 Å². The van der Waals surface area contributed by atoms with Gasteiger partial charge in [-0.05, 0) is 47.9 Å². The van der Waals surface area contributed by atoms with E-state index in [1.807, 2.05) is 55.5 Å². The van der Waals surface area contributed by atoms with Gasteiger partial charge in [-0.25, -0.2) is 4.79 Å². The van der Waals surface area contributed by atoms with Crippen LogP contribution in [0.4, 0.5) is 0 Å². The Labute approximate surface area is 217 Å². The quantitative estimate of drug-likeness (QED) is 0.170. The van der Waals surface area contributed by atoms with E-state index in [4.69, 9.17) is 32.7 Å². The van der Waals surface area contributed by atoms with Crippen LogP contribution in [0.15, 0.2) is 60.7 Å². The van der Waals surface area contributed by atoms with E-state index in [1.165, 1.54) is 0 Å². The third kappa shape index (κ3) is 7.11. The number of carbonyl (C=O) groups excluding carboxylic acids is 1. The summed E-state index contributed by atoms with van der Waals surface area (Å²) in [5, 5.41) is 2.03.